The monoisotopic (exact) mass is 489 g/mol. The van der Waals surface area contributed by atoms with E-state index in [4.69, 9.17) is 0 Å². The van der Waals surface area contributed by atoms with E-state index in [0.29, 0.717) is 15.3 Å². The summed E-state index contributed by atoms with van der Waals surface area (Å²) >= 11 is 6.25. The lowest BCUT2D eigenvalue weighted by Gasteiger charge is -2.07. The number of benzene rings is 1. The van der Waals surface area contributed by atoms with Gasteiger partial charge in [-0.3, -0.25) is 19.5 Å². The predicted octanol–water partition coefficient (Wildman–Crippen LogP) is 4.25. The van der Waals surface area contributed by atoms with E-state index >= 15 is 0 Å². The van der Waals surface area contributed by atoms with Gasteiger partial charge in [0.05, 0.1) is 11.7 Å². The summed E-state index contributed by atoms with van der Waals surface area (Å²) in [5.74, 6) is -0.347. The van der Waals surface area contributed by atoms with Gasteiger partial charge in [0.25, 0.3) is 5.56 Å². The summed E-state index contributed by atoms with van der Waals surface area (Å²) in [6.45, 7) is 3.72. The molecule has 1 amide bonds. The summed E-state index contributed by atoms with van der Waals surface area (Å²) in [6, 6.07) is 7.85. The Balaban J connectivity index is 1.74. The third-order valence-electron chi connectivity index (χ3n) is 4.29. The van der Waals surface area contributed by atoms with E-state index in [1.54, 1.807) is 6.92 Å². The molecule has 0 bridgehead atoms. The lowest BCUT2D eigenvalue weighted by molar-refractivity contribution is -0.116. The highest BCUT2D eigenvalue weighted by molar-refractivity contribution is 9.10. The number of nitrogens with zero attached hydrogens (tertiary/aromatic N) is 4. The van der Waals surface area contributed by atoms with Gasteiger partial charge in [0, 0.05) is 14.9 Å². The number of fused-ring (bicyclic) bond motifs is 1. The Kier molecular flexibility index (Phi) is 5.57. The minimum atomic E-state index is -0.347. The summed E-state index contributed by atoms with van der Waals surface area (Å²) in [7, 11) is 0. The highest BCUT2D eigenvalue weighted by Crippen LogP contribution is 2.36. The van der Waals surface area contributed by atoms with Crippen molar-refractivity contribution in [2.45, 2.75) is 26.8 Å². The van der Waals surface area contributed by atoms with Crippen molar-refractivity contribution in [1.82, 2.24) is 19.7 Å². The number of hydrogen-bond donors (Lipinski definition) is 1. The van der Waals surface area contributed by atoms with Gasteiger partial charge in [0.15, 0.2) is 0 Å². The molecular formula is C19H16BrN5O2S2. The molecule has 0 aliphatic rings. The van der Waals surface area contributed by atoms with Crippen molar-refractivity contribution in [3.05, 3.63) is 55.3 Å². The highest BCUT2D eigenvalue weighted by Gasteiger charge is 2.19. The molecule has 4 rings (SSSR count). The number of amides is 1. The number of thiophene rings is 1. The number of anilines is 1. The molecule has 148 valence electrons. The van der Waals surface area contributed by atoms with Gasteiger partial charge in [-0.15, -0.1) is 21.5 Å². The van der Waals surface area contributed by atoms with Crippen molar-refractivity contribution < 1.29 is 4.79 Å². The van der Waals surface area contributed by atoms with Gasteiger partial charge in [0.2, 0.25) is 11.0 Å². The molecule has 10 heteroatoms. The topological polar surface area (TPSA) is 89.8 Å². The zero-order chi connectivity index (χ0) is 20.5. The van der Waals surface area contributed by atoms with Gasteiger partial charge < -0.3 is 0 Å². The van der Waals surface area contributed by atoms with Gasteiger partial charge in [-0.2, -0.15) is 0 Å². The minimum absolute atomic E-state index is 0.141. The fourth-order valence-corrected chi connectivity index (χ4v) is 4.98. The molecule has 0 spiro atoms. The van der Waals surface area contributed by atoms with Crippen LogP contribution in [0.1, 0.15) is 16.8 Å². The molecule has 1 N–H and O–H groups in total. The Labute approximate surface area is 182 Å². The highest BCUT2D eigenvalue weighted by atomic mass is 79.9. The second kappa shape index (κ2) is 8.13. The van der Waals surface area contributed by atoms with Crippen molar-refractivity contribution in [3.63, 3.8) is 0 Å². The van der Waals surface area contributed by atoms with E-state index in [-0.39, 0.29) is 18.0 Å². The van der Waals surface area contributed by atoms with E-state index in [0.717, 1.165) is 31.9 Å². The first kappa shape index (κ1) is 19.9. The summed E-state index contributed by atoms with van der Waals surface area (Å²) in [6.07, 6.45) is 2.22. The Bertz CT molecular complexity index is 1260. The number of hydrogen-bond acceptors (Lipinski definition) is 7. The van der Waals surface area contributed by atoms with Gasteiger partial charge in [-0.1, -0.05) is 46.3 Å². The van der Waals surface area contributed by atoms with Gasteiger partial charge in [-0.05, 0) is 31.0 Å². The van der Waals surface area contributed by atoms with Crippen LogP contribution in [-0.4, -0.2) is 25.7 Å². The zero-order valence-electron chi connectivity index (χ0n) is 15.6. The largest absolute Gasteiger partial charge is 0.299 e. The van der Waals surface area contributed by atoms with E-state index in [1.165, 1.54) is 33.6 Å². The third kappa shape index (κ3) is 4.00. The Morgan fingerprint density at radius 3 is 2.62 bits per heavy atom. The van der Waals surface area contributed by atoms with Crippen molar-refractivity contribution in [3.8, 4) is 11.1 Å². The second-order valence-electron chi connectivity index (χ2n) is 6.29. The second-order valence-corrected chi connectivity index (χ2v) is 9.47. The molecule has 0 fully saturated rings. The summed E-state index contributed by atoms with van der Waals surface area (Å²) in [5.41, 5.74) is 1.63. The third-order valence-corrected chi connectivity index (χ3v) is 6.82. The number of rotatable bonds is 5. The normalized spacial score (nSPS) is 11.1. The lowest BCUT2D eigenvalue weighted by atomic mass is 10.0. The van der Waals surface area contributed by atoms with Crippen molar-refractivity contribution in [1.29, 1.82) is 0 Å². The van der Waals surface area contributed by atoms with Crippen LogP contribution in [0.3, 0.4) is 0 Å². The first-order valence-corrected chi connectivity index (χ1v) is 11.3. The molecule has 0 radical (unpaired) electrons. The van der Waals surface area contributed by atoms with Crippen LogP contribution in [0.4, 0.5) is 5.13 Å². The summed E-state index contributed by atoms with van der Waals surface area (Å²) in [4.78, 5) is 31.8. The fraction of sp³-hybridized carbons (Fsp3) is 0.211. The van der Waals surface area contributed by atoms with E-state index in [1.807, 2.05) is 24.3 Å². The zero-order valence-corrected chi connectivity index (χ0v) is 18.8. The van der Waals surface area contributed by atoms with Crippen LogP contribution in [0.25, 0.3) is 21.3 Å². The van der Waals surface area contributed by atoms with Crippen LogP contribution in [0.2, 0.25) is 0 Å². The number of aryl methyl sites for hydroxylation is 2. The number of nitrogens with one attached hydrogen (secondary N) is 1. The summed E-state index contributed by atoms with van der Waals surface area (Å²) in [5, 5.41) is 12.1. The molecule has 0 atom stereocenters. The quantitative estimate of drug-likeness (QED) is 0.452. The smallest absolute Gasteiger partial charge is 0.263 e. The fourth-order valence-electron chi connectivity index (χ4n) is 3.02. The molecular weight excluding hydrogens is 474 g/mol. The van der Waals surface area contributed by atoms with Gasteiger partial charge in [-0.25, -0.2) is 4.98 Å². The standard InChI is InChI=1S/C19H16BrN5O2S2/c1-3-13-15(11-4-6-12(20)7-5-11)16-17(29-13)21-9-25(18(16)27)8-14(26)22-19-24-23-10(2)28-19/h4-7,9H,3,8H2,1-2H3,(H,22,24,26). The van der Waals surface area contributed by atoms with Crippen LogP contribution in [0.5, 0.6) is 0 Å². The summed E-state index contributed by atoms with van der Waals surface area (Å²) < 4.78 is 2.30. The molecule has 0 saturated heterocycles. The first-order valence-electron chi connectivity index (χ1n) is 8.83. The number of carbonyl (C=O) groups is 1. The molecule has 7 nitrogen and oxygen atoms in total. The average Bonchev–Trinajstić information content (AvgIpc) is 3.28. The number of carbonyl (C=O) groups excluding carboxylic acids is 1. The maximum Gasteiger partial charge on any atom is 0.263 e. The maximum atomic E-state index is 13.2. The molecule has 1 aromatic carbocycles. The van der Waals surface area contributed by atoms with Gasteiger partial charge in [0.1, 0.15) is 16.4 Å². The van der Waals surface area contributed by atoms with Crippen molar-refractivity contribution in [2.75, 3.05) is 5.32 Å². The van der Waals surface area contributed by atoms with Crippen LogP contribution < -0.4 is 10.9 Å². The number of aromatic nitrogens is 4. The van der Waals surface area contributed by atoms with E-state index < -0.39 is 0 Å². The number of halogens is 1. The van der Waals surface area contributed by atoms with E-state index in [9.17, 15) is 9.59 Å². The molecule has 0 aliphatic carbocycles. The van der Waals surface area contributed by atoms with E-state index in [2.05, 4.69) is 43.4 Å². The minimum Gasteiger partial charge on any atom is -0.299 e. The molecule has 0 unspecified atom stereocenters. The Hall–Kier alpha value is -2.43. The van der Waals surface area contributed by atoms with Crippen LogP contribution in [-0.2, 0) is 17.8 Å². The molecule has 0 saturated carbocycles. The molecule has 3 heterocycles. The maximum absolute atomic E-state index is 13.2. The van der Waals surface area contributed by atoms with Crippen LogP contribution in [0.15, 0.2) is 39.9 Å². The van der Waals surface area contributed by atoms with Crippen LogP contribution >= 0.6 is 38.6 Å². The lowest BCUT2D eigenvalue weighted by Crippen LogP contribution is -2.27. The van der Waals surface area contributed by atoms with Crippen molar-refractivity contribution in [2.24, 2.45) is 0 Å². The molecule has 4 aromatic rings. The molecule has 3 aromatic heterocycles. The Morgan fingerprint density at radius 2 is 1.97 bits per heavy atom. The Morgan fingerprint density at radius 1 is 1.21 bits per heavy atom. The van der Waals surface area contributed by atoms with Crippen LogP contribution in [0, 0.1) is 6.92 Å². The SMILES string of the molecule is CCc1sc2ncn(CC(=O)Nc3nnc(C)s3)c(=O)c2c1-c1ccc(Br)cc1. The first-order chi connectivity index (χ1) is 14.0. The molecule has 29 heavy (non-hydrogen) atoms. The van der Waals surface area contributed by atoms with Crippen molar-refractivity contribution >= 4 is 59.9 Å². The molecule has 0 aliphatic heterocycles. The predicted molar refractivity (Wildman–Crippen MR) is 120 cm³/mol. The average molecular weight is 490 g/mol. The van der Waals surface area contributed by atoms with Gasteiger partial charge >= 0.3 is 0 Å².